The van der Waals surface area contributed by atoms with Gasteiger partial charge in [-0.05, 0) is 18.6 Å². The van der Waals surface area contributed by atoms with Gasteiger partial charge in [-0.15, -0.1) is 0 Å². The second-order valence-corrected chi connectivity index (χ2v) is 3.86. The molecule has 0 spiro atoms. The molecule has 0 aromatic rings. The molecule has 0 aromatic heterocycles. The Kier molecular flexibility index (Phi) is 2.87. The molecule has 0 aliphatic carbocycles. The molecule has 0 saturated carbocycles. The second kappa shape index (κ2) is 3.52. The fraction of sp³-hybridized carbons (Fsp3) is 0.857. The van der Waals surface area contributed by atoms with Crippen LogP contribution in [0.4, 0.5) is 8.78 Å². The number of carbonyl (C=O) groups excluding carboxylic acids is 1. The van der Waals surface area contributed by atoms with Crippen LogP contribution in [0.1, 0.15) is 12.8 Å². The van der Waals surface area contributed by atoms with Crippen molar-refractivity contribution < 1.29 is 13.6 Å². The van der Waals surface area contributed by atoms with Crippen molar-refractivity contribution in [2.75, 3.05) is 11.5 Å². The van der Waals surface area contributed by atoms with Crippen LogP contribution in [-0.4, -0.2) is 23.7 Å². The molecule has 0 aromatic carbocycles. The van der Waals surface area contributed by atoms with E-state index in [1.807, 2.05) is 0 Å². The number of alkyl halides is 2. The van der Waals surface area contributed by atoms with Crippen molar-refractivity contribution in [3.63, 3.8) is 0 Å². The van der Waals surface area contributed by atoms with Crippen LogP contribution in [0.3, 0.4) is 0 Å². The quantitative estimate of drug-likeness (QED) is 0.604. The first-order valence-electron chi connectivity index (χ1n) is 3.58. The Morgan fingerprint density at radius 2 is 2.27 bits per heavy atom. The van der Waals surface area contributed by atoms with Gasteiger partial charge in [0.25, 0.3) is 0 Å². The van der Waals surface area contributed by atoms with Crippen LogP contribution in [0.25, 0.3) is 0 Å². The monoisotopic (exact) mass is 180 g/mol. The van der Waals surface area contributed by atoms with Crippen LogP contribution in [0.15, 0.2) is 0 Å². The summed E-state index contributed by atoms with van der Waals surface area (Å²) in [4.78, 5) is 9.97. The fourth-order valence-corrected chi connectivity index (χ4v) is 2.35. The molecule has 1 unspecified atom stereocenters. The Balaban J connectivity index is 2.50. The summed E-state index contributed by atoms with van der Waals surface area (Å²) in [5.74, 6) is -2.44. The third kappa shape index (κ3) is 2.15. The molecule has 1 rings (SSSR count). The smallest absolute Gasteiger partial charge is 0.297 e. The van der Waals surface area contributed by atoms with Crippen molar-refractivity contribution in [3.8, 4) is 0 Å². The molecular weight excluding hydrogens is 170 g/mol. The highest BCUT2D eigenvalue weighted by atomic mass is 32.2. The number of hydrogen-bond donors (Lipinski definition) is 0. The minimum Gasteiger partial charge on any atom is -0.297 e. The van der Waals surface area contributed by atoms with Crippen LogP contribution in [-0.2, 0) is 4.79 Å². The number of thioether (sulfide) groups is 1. The maximum atomic E-state index is 12.7. The van der Waals surface area contributed by atoms with Gasteiger partial charge >= 0.3 is 5.92 Å². The van der Waals surface area contributed by atoms with E-state index in [1.54, 1.807) is 0 Å². The second-order valence-electron chi connectivity index (χ2n) is 2.71. The molecule has 0 bridgehead atoms. The van der Waals surface area contributed by atoms with Gasteiger partial charge in [-0.2, -0.15) is 20.5 Å². The SMILES string of the molecule is O=CC(F)(F)C1CCCSC1. The summed E-state index contributed by atoms with van der Waals surface area (Å²) in [5.41, 5.74) is 0. The molecule has 1 nitrogen and oxygen atoms in total. The molecule has 0 N–H and O–H groups in total. The first-order chi connectivity index (χ1) is 5.17. The van der Waals surface area contributed by atoms with Crippen molar-refractivity contribution in [1.82, 2.24) is 0 Å². The van der Waals surface area contributed by atoms with E-state index in [0.29, 0.717) is 12.2 Å². The Labute approximate surface area is 68.5 Å². The van der Waals surface area contributed by atoms with Gasteiger partial charge in [-0.25, -0.2) is 0 Å². The number of aldehydes is 1. The maximum absolute atomic E-state index is 12.7. The van der Waals surface area contributed by atoms with Crippen molar-refractivity contribution >= 4 is 18.0 Å². The molecule has 1 heterocycles. The molecule has 11 heavy (non-hydrogen) atoms. The molecule has 1 aliphatic rings. The summed E-state index contributed by atoms with van der Waals surface area (Å²) in [6, 6.07) is 0. The predicted molar refractivity (Wildman–Crippen MR) is 41.1 cm³/mol. The summed E-state index contributed by atoms with van der Waals surface area (Å²) in [7, 11) is 0. The Hall–Kier alpha value is -0.120. The first kappa shape index (κ1) is 8.97. The van der Waals surface area contributed by atoms with Crippen LogP contribution >= 0.6 is 11.8 Å². The van der Waals surface area contributed by atoms with E-state index >= 15 is 0 Å². The van der Waals surface area contributed by atoms with Crippen LogP contribution in [0, 0.1) is 5.92 Å². The molecule has 1 atom stereocenters. The van der Waals surface area contributed by atoms with Gasteiger partial charge in [0.2, 0.25) is 0 Å². The third-order valence-corrected chi connectivity index (χ3v) is 3.08. The lowest BCUT2D eigenvalue weighted by molar-refractivity contribution is -0.136. The van der Waals surface area contributed by atoms with Crippen LogP contribution in [0.2, 0.25) is 0 Å². The zero-order valence-electron chi connectivity index (χ0n) is 6.06. The standard InChI is InChI=1S/C7H10F2OS/c8-7(9,5-10)6-2-1-3-11-4-6/h5-6H,1-4H2. The molecule has 0 amide bonds. The third-order valence-electron chi connectivity index (χ3n) is 1.86. The Morgan fingerprint density at radius 3 is 2.73 bits per heavy atom. The molecule has 1 aliphatic heterocycles. The number of carbonyl (C=O) groups is 1. The summed E-state index contributed by atoms with van der Waals surface area (Å²) < 4.78 is 25.3. The fourth-order valence-electron chi connectivity index (χ4n) is 1.14. The van der Waals surface area contributed by atoms with Gasteiger partial charge in [-0.3, -0.25) is 4.79 Å². The number of halogens is 2. The molecule has 1 saturated heterocycles. The summed E-state index contributed by atoms with van der Waals surface area (Å²) in [6.07, 6.45) is 1.07. The van der Waals surface area contributed by atoms with E-state index in [0.717, 1.165) is 12.2 Å². The highest BCUT2D eigenvalue weighted by Gasteiger charge is 2.39. The van der Waals surface area contributed by atoms with Crippen LogP contribution in [0.5, 0.6) is 0 Å². The number of hydrogen-bond acceptors (Lipinski definition) is 2. The van der Waals surface area contributed by atoms with E-state index < -0.39 is 11.8 Å². The highest BCUT2D eigenvalue weighted by molar-refractivity contribution is 7.99. The van der Waals surface area contributed by atoms with Crippen molar-refractivity contribution in [3.05, 3.63) is 0 Å². The van der Waals surface area contributed by atoms with E-state index in [1.165, 1.54) is 11.8 Å². The van der Waals surface area contributed by atoms with Gasteiger partial charge in [0.05, 0.1) is 0 Å². The van der Waals surface area contributed by atoms with E-state index in [-0.39, 0.29) is 6.29 Å². The normalized spacial score (nSPS) is 26.5. The Morgan fingerprint density at radius 1 is 1.55 bits per heavy atom. The van der Waals surface area contributed by atoms with Gasteiger partial charge in [0.1, 0.15) is 0 Å². The minimum absolute atomic E-state index is 0.219. The largest absolute Gasteiger partial charge is 0.305 e. The lowest BCUT2D eigenvalue weighted by Gasteiger charge is -2.25. The van der Waals surface area contributed by atoms with Crippen molar-refractivity contribution in [2.24, 2.45) is 5.92 Å². The van der Waals surface area contributed by atoms with Gasteiger partial charge in [0.15, 0.2) is 6.29 Å². The predicted octanol–water partition coefficient (Wildman–Crippen LogP) is 1.96. The summed E-state index contributed by atoms with van der Waals surface area (Å²) >= 11 is 1.51. The molecule has 1 fully saturated rings. The van der Waals surface area contributed by atoms with Gasteiger partial charge in [-0.1, -0.05) is 0 Å². The summed E-state index contributed by atoms with van der Waals surface area (Å²) in [5, 5.41) is 0. The van der Waals surface area contributed by atoms with E-state index in [9.17, 15) is 13.6 Å². The molecule has 4 heteroatoms. The number of rotatable bonds is 2. The van der Waals surface area contributed by atoms with Gasteiger partial charge in [0, 0.05) is 11.7 Å². The molecular formula is C7H10F2OS. The lowest BCUT2D eigenvalue weighted by atomic mass is 9.99. The Bertz CT molecular complexity index is 143. The first-order valence-corrected chi connectivity index (χ1v) is 4.74. The molecule has 64 valence electrons. The van der Waals surface area contributed by atoms with Crippen LogP contribution < -0.4 is 0 Å². The highest BCUT2D eigenvalue weighted by Crippen LogP contribution is 2.33. The molecule has 0 radical (unpaired) electrons. The minimum atomic E-state index is -3.09. The van der Waals surface area contributed by atoms with Crippen molar-refractivity contribution in [2.45, 2.75) is 18.8 Å². The van der Waals surface area contributed by atoms with Gasteiger partial charge < -0.3 is 0 Å². The van der Waals surface area contributed by atoms with E-state index in [2.05, 4.69) is 0 Å². The topological polar surface area (TPSA) is 17.1 Å². The average molecular weight is 180 g/mol. The zero-order valence-corrected chi connectivity index (χ0v) is 6.87. The zero-order chi connectivity index (χ0) is 8.32. The lowest BCUT2D eigenvalue weighted by Crippen LogP contribution is -2.33. The average Bonchev–Trinajstić information content (AvgIpc) is 2.06. The van der Waals surface area contributed by atoms with Crippen molar-refractivity contribution in [1.29, 1.82) is 0 Å². The van der Waals surface area contributed by atoms with E-state index in [4.69, 9.17) is 0 Å². The summed E-state index contributed by atoms with van der Waals surface area (Å²) in [6.45, 7) is 0. The maximum Gasteiger partial charge on any atom is 0.305 e.